The number of hydrogen-bond acceptors (Lipinski definition) is 2. The third-order valence-electron chi connectivity index (χ3n) is 3.56. The second-order valence-electron chi connectivity index (χ2n) is 4.76. The van der Waals surface area contributed by atoms with Crippen LogP contribution in [0.1, 0.15) is 44.6 Å². The fourth-order valence-corrected chi connectivity index (χ4v) is 2.65. The van der Waals surface area contributed by atoms with Gasteiger partial charge in [-0.3, -0.25) is 0 Å². The molecule has 1 aliphatic rings. The Morgan fingerprint density at radius 3 is 2.94 bits per heavy atom. The molecule has 0 aromatic heterocycles. The van der Waals surface area contributed by atoms with Crippen LogP contribution in [-0.4, -0.2) is 19.2 Å². The first-order valence-corrected chi connectivity index (χ1v) is 6.82. The summed E-state index contributed by atoms with van der Waals surface area (Å²) in [5.41, 5.74) is 1.38. The predicted molar refractivity (Wildman–Crippen MR) is 71.7 cm³/mol. The summed E-state index contributed by atoms with van der Waals surface area (Å²) < 4.78 is 5.78. The van der Waals surface area contributed by atoms with Gasteiger partial charge in [-0.15, -0.1) is 0 Å². The molecule has 2 heteroatoms. The third kappa shape index (κ3) is 2.81. The molecule has 2 unspecified atom stereocenters. The minimum absolute atomic E-state index is 0.526. The summed E-state index contributed by atoms with van der Waals surface area (Å²) >= 11 is 0. The molecule has 0 saturated heterocycles. The van der Waals surface area contributed by atoms with Gasteiger partial charge in [0.25, 0.3) is 0 Å². The van der Waals surface area contributed by atoms with Crippen molar-refractivity contribution >= 4 is 0 Å². The van der Waals surface area contributed by atoms with Crippen molar-refractivity contribution in [3.63, 3.8) is 0 Å². The van der Waals surface area contributed by atoms with Gasteiger partial charge in [-0.05, 0) is 19.0 Å². The summed E-state index contributed by atoms with van der Waals surface area (Å²) in [6.45, 7) is 6.30. The lowest BCUT2D eigenvalue weighted by Crippen LogP contribution is -2.35. The van der Waals surface area contributed by atoms with Crippen molar-refractivity contribution in [2.75, 3.05) is 13.2 Å². The number of ether oxygens (including phenoxy) is 1. The molecular weight excluding hydrogens is 210 g/mol. The molecule has 0 amide bonds. The summed E-state index contributed by atoms with van der Waals surface area (Å²) in [6.07, 6.45) is 3.79. The molecule has 0 bridgehead atoms. The zero-order valence-corrected chi connectivity index (χ0v) is 10.9. The monoisotopic (exact) mass is 233 g/mol. The lowest BCUT2D eigenvalue weighted by molar-refractivity contribution is 0.291. The molecule has 1 aromatic carbocycles. The van der Waals surface area contributed by atoms with Gasteiger partial charge in [-0.25, -0.2) is 0 Å². The summed E-state index contributed by atoms with van der Waals surface area (Å²) in [6, 6.07) is 9.02. The SMILES string of the molecule is CCCCC(NCC)C1COc2ccccc21. The van der Waals surface area contributed by atoms with Gasteiger partial charge in [0.2, 0.25) is 0 Å². The van der Waals surface area contributed by atoms with Crippen LogP contribution in [0.4, 0.5) is 0 Å². The Hall–Kier alpha value is -1.02. The Bertz CT molecular complexity index is 351. The van der Waals surface area contributed by atoms with Gasteiger partial charge in [0.15, 0.2) is 0 Å². The molecule has 1 aliphatic heterocycles. The van der Waals surface area contributed by atoms with E-state index in [1.807, 2.05) is 0 Å². The van der Waals surface area contributed by atoms with E-state index in [9.17, 15) is 0 Å². The molecule has 0 radical (unpaired) electrons. The van der Waals surface area contributed by atoms with E-state index in [0.29, 0.717) is 12.0 Å². The van der Waals surface area contributed by atoms with Crippen LogP contribution < -0.4 is 10.1 Å². The lowest BCUT2D eigenvalue weighted by Gasteiger charge is -2.23. The molecule has 0 aliphatic carbocycles. The minimum atomic E-state index is 0.526. The molecule has 1 aromatic rings. The van der Waals surface area contributed by atoms with Gasteiger partial charge in [0.1, 0.15) is 5.75 Å². The minimum Gasteiger partial charge on any atom is -0.493 e. The molecule has 2 rings (SSSR count). The van der Waals surface area contributed by atoms with Crippen LogP contribution in [0, 0.1) is 0 Å². The molecule has 2 nitrogen and oxygen atoms in total. The van der Waals surface area contributed by atoms with Gasteiger partial charge >= 0.3 is 0 Å². The fourth-order valence-electron chi connectivity index (χ4n) is 2.65. The number of nitrogens with one attached hydrogen (secondary N) is 1. The highest BCUT2D eigenvalue weighted by atomic mass is 16.5. The van der Waals surface area contributed by atoms with Crippen molar-refractivity contribution in [3.05, 3.63) is 29.8 Å². The van der Waals surface area contributed by atoms with E-state index in [0.717, 1.165) is 18.9 Å². The molecular formula is C15H23NO. The Balaban J connectivity index is 2.09. The van der Waals surface area contributed by atoms with Crippen LogP contribution >= 0.6 is 0 Å². The van der Waals surface area contributed by atoms with Crippen molar-refractivity contribution in [2.45, 2.75) is 45.1 Å². The summed E-state index contributed by atoms with van der Waals surface area (Å²) in [5, 5.41) is 3.62. The number of likely N-dealkylation sites (N-methyl/N-ethyl adjacent to an activating group) is 1. The predicted octanol–water partition coefficient (Wildman–Crippen LogP) is 3.33. The maximum atomic E-state index is 5.78. The van der Waals surface area contributed by atoms with Crippen LogP contribution in [0.3, 0.4) is 0 Å². The van der Waals surface area contributed by atoms with E-state index in [4.69, 9.17) is 4.74 Å². The Morgan fingerprint density at radius 1 is 1.35 bits per heavy atom. The summed E-state index contributed by atoms with van der Waals surface area (Å²) in [5.74, 6) is 1.61. The summed E-state index contributed by atoms with van der Waals surface area (Å²) in [7, 11) is 0. The van der Waals surface area contributed by atoms with Crippen molar-refractivity contribution in [1.29, 1.82) is 0 Å². The van der Waals surface area contributed by atoms with E-state index in [2.05, 4.69) is 43.4 Å². The van der Waals surface area contributed by atoms with Crippen molar-refractivity contribution in [1.82, 2.24) is 5.32 Å². The van der Waals surface area contributed by atoms with Crippen LogP contribution in [-0.2, 0) is 0 Å². The first-order chi connectivity index (χ1) is 8.36. The highest BCUT2D eigenvalue weighted by molar-refractivity contribution is 5.40. The normalized spacial score (nSPS) is 19.8. The average Bonchev–Trinajstić information content (AvgIpc) is 2.78. The maximum Gasteiger partial charge on any atom is 0.122 e. The quantitative estimate of drug-likeness (QED) is 0.813. The van der Waals surface area contributed by atoms with Crippen molar-refractivity contribution < 1.29 is 4.74 Å². The van der Waals surface area contributed by atoms with Gasteiger partial charge in [-0.1, -0.05) is 44.9 Å². The largest absolute Gasteiger partial charge is 0.493 e. The van der Waals surface area contributed by atoms with Crippen LogP contribution in [0.25, 0.3) is 0 Å². The zero-order valence-electron chi connectivity index (χ0n) is 10.9. The highest BCUT2D eigenvalue weighted by Crippen LogP contribution is 2.36. The van der Waals surface area contributed by atoms with E-state index in [-0.39, 0.29) is 0 Å². The fraction of sp³-hybridized carbons (Fsp3) is 0.600. The van der Waals surface area contributed by atoms with Gasteiger partial charge in [0, 0.05) is 17.5 Å². The Kier molecular flexibility index (Phi) is 4.43. The lowest BCUT2D eigenvalue weighted by atomic mass is 9.90. The van der Waals surface area contributed by atoms with Crippen molar-refractivity contribution in [2.24, 2.45) is 0 Å². The van der Waals surface area contributed by atoms with E-state index in [1.165, 1.54) is 24.8 Å². The Morgan fingerprint density at radius 2 is 2.18 bits per heavy atom. The van der Waals surface area contributed by atoms with Crippen LogP contribution in [0.5, 0.6) is 5.75 Å². The Labute approximate surface area is 104 Å². The number of benzene rings is 1. The van der Waals surface area contributed by atoms with Crippen molar-refractivity contribution in [3.8, 4) is 5.75 Å². The number of para-hydroxylation sites is 1. The molecule has 1 N–H and O–H groups in total. The van der Waals surface area contributed by atoms with E-state index >= 15 is 0 Å². The zero-order chi connectivity index (χ0) is 12.1. The number of hydrogen-bond donors (Lipinski definition) is 1. The first kappa shape index (κ1) is 12.4. The highest BCUT2D eigenvalue weighted by Gasteiger charge is 2.30. The average molecular weight is 233 g/mol. The molecule has 0 saturated carbocycles. The smallest absolute Gasteiger partial charge is 0.122 e. The molecule has 94 valence electrons. The molecule has 0 spiro atoms. The first-order valence-electron chi connectivity index (χ1n) is 6.82. The molecule has 17 heavy (non-hydrogen) atoms. The molecule has 2 atom stereocenters. The second kappa shape index (κ2) is 6.06. The van der Waals surface area contributed by atoms with Crippen LogP contribution in [0.2, 0.25) is 0 Å². The topological polar surface area (TPSA) is 21.3 Å². The van der Waals surface area contributed by atoms with E-state index < -0.39 is 0 Å². The molecule has 0 fully saturated rings. The van der Waals surface area contributed by atoms with Gasteiger partial charge in [-0.2, -0.15) is 0 Å². The number of fused-ring (bicyclic) bond motifs is 1. The number of rotatable bonds is 6. The standard InChI is InChI=1S/C15H23NO/c1-3-5-9-14(16-4-2)13-11-17-15-10-7-6-8-12(13)15/h6-8,10,13-14,16H,3-5,9,11H2,1-2H3. The van der Waals surface area contributed by atoms with Gasteiger partial charge in [0.05, 0.1) is 6.61 Å². The van der Waals surface area contributed by atoms with Gasteiger partial charge < -0.3 is 10.1 Å². The number of unbranched alkanes of at least 4 members (excludes halogenated alkanes) is 1. The molecule has 1 heterocycles. The third-order valence-corrected chi connectivity index (χ3v) is 3.56. The van der Waals surface area contributed by atoms with Crippen LogP contribution in [0.15, 0.2) is 24.3 Å². The maximum absolute atomic E-state index is 5.78. The summed E-state index contributed by atoms with van der Waals surface area (Å²) in [4.78, 5) is 0. The van der Waals surface area contributed by atoms with E-state index in [1.54, 1.807) is 0 Å². The second-order valence-corrected chi connectivity index (χ2v) is 4.76.